The summed E-state index contributed by atoms with van der Waals surface area (Å²) in [7, 11) is 11.3. The maximum Gasteiger partial charge on any atom is 0.291 e. The Hall–Kier alpha value is -7.02. The van der Waals surface area contributed by atoms with E-state index in [-0.39, 0.29) is 35.1 Å². The lowest BCUT2D eigenvalue weighted by atomic mass is 10.2. The summed E-state index contributed by atoms with van der Waals surface area (Å²) < 4.78 is 6.59. The van der Waals surface area contributed by atoms with Gasteiger partial charge < -0.3 is 60.0 Å². The van der Waals surface area contributed by atoms with Gasteiger partial charge in [-0.1, -0.05) is 0 Å². The Kier molecular flexibility index (Phi) is 17.7. The van der Waals surface area contributed by atoms with Crippen molar-refractivity contribution in [2.75, 3.05) is 75.6 Å². The summed E-state index contributed by atoms with van der Waals surface area (Å²) in [4.78, 5) is 102. The van der Waals surface area contributed by atoms with Gasteiger partial charge in [-0.3, -0.25) is 28.8 Å². The number of amides is 6. The zero-order chi connectivity index (χ0) is 49.8. The number of carbonyl (C=O) groups excluding carboxylic acids is 6. The van der Waals surface area contributed by atoms with E-state index in [0.29, 0.717) is 89.3 Å². The summed E-state index contributed by atoms with van der Waals surface area (Å²) >= 11 is 2.39. The third-order valence-corrected chi connectivity index (χ3v) is 12.6. The molecule has 0 spiro atoms. The number of unbranched alkanes of at least 4 members (excludes halogenated alkanes) is 2. The minimum Gasteiger partial charge on any atom is -0.351 e. The summed E-state index contributed by atoms with van der Waals surface area (Å²) in [5, 5.41) is 17.1. The zero-order valence-corrected chi connectivity index (χ0v) is 41.8. The first-order valence-electron chi connectivity index (χ1n) is 22.4. The zero-order valence-electron chi connectivity index (χ0n) is 40.1. The lowest BCUT2D eigenvalue weighted by Crippen LogP contribution is -2.28. The lowest BCUT2D eigenvalue weighted by Gasteiger charge is -2.10. The highest BCUT2D eigenvalue weighted by Crippen LogP contribution is 2.22. The largest absolute Gasteiger partial charge is 0.351 e. The molecule has 0 radical (unpaired) electrons. The minimum absolute atomic E-state index is 0.0425. The van der Waals surface area contributed by atoms with Crippen molar-refractivity contribution in [3.05, 3.63) is 92.1 Å². The SMILES string of the molecule is Cc1ncsc1C(=O)Nc1cn(CCCCCn2cc(NC(=O)c3scnc3C)nc2C(=O)Nc2cc(C(=O)NCCCN(C)C)n(C)c2)c(C(=O)Nc2cc(C(=O)NCCCN(C)C)n(C)c2)n1. The average Bonchev–Trinajstić information content (AvgIpc) is 4.17. The molecule has 0 saturated heterocycles. The molecule has 0 atom stereocenters. The molecule has 0 aliphatic heterocycles. The number of carbonyl (C=O) groups is 6. The lowest BCUT2D eigenvalue weighted by molar-refractivity contribution is 0.0936. The van der Waals surface area contributed by atoms with Gasteiger partial charge in [0.15, 0.2) is 11.6 Å². The van der Waals surface area contributed by atoms with Gasteiger partial charge in [-0.2, -0.15) is 0 Å². The summed E-state index contributed by atoms with van der Waals surface area (Å²) in [6.45, 7) is 6.79. The number of imidazole rings is 2. The van der Waals surface area contributed by atoms with Crippen LogP contribution >= 0.6 is 22.7 Å². The molecule has 0 aromatic carbocycles. The fourth-order valence-electron chi connectivity index (χ4n) is 7.25. The van der Waals surface area contributed by atoms with Crippen LogP contribution in [0.15, 0.2) is 47.9 Å². The Morgan fingerprint density at radius 1 is 0.536 bits per heavy atom. The molecule has 0 fully saturated rings. The van der Waals surface area contributed by atoms with E-state index < -0.39 is 23.6 Å². The molecule has 0 aliphatic carbocycles. The molecular weight excluding hydrogens is 925 g/mol. The van der Waals surface area contributed by atoms with Crippen molar-refractivity contribution in [1.82, 2.24) is 58.6 Å². The van der Waals surface area contributed by atoms with E-state index in [4.69, 9.17) is 0 Å². The van der Waals surface area contributed by atoms with Gasteiger partial charge in [-0.05, 0) is 99.4 Å². The second-order valence-electron chi connectivity index (χ2n) is 17.0. The highest BCUT2D eigenvalue weighted by atomic mass is 32.1. The first-order chi connectivity index (χ1) is 33.0. The van der Waals surface area contributed by atoms with Crippen molar-refractivity contribution in [3.8, 4) is 0 Å². The van der Waals surface area contributed by atoms with Gasteiger partial charge >= 0.3 is 0 Å². The van der Waals surface area contributed by atoms with E-state index in [1.807, 2.05) is 38.0 Å². The van der Waals surface area contributed by atoms with Gasteiger partial charge in [-0.15, -0.1) is 22.7 Å². The molecule has 69 heavy (non-hydrogen) atoms. The Morgan fingerprint density at radius 2 is 0.942 bits per heavy atom. The monoisotopic (exact) mass is 984 g/mol. The Bertz CT molecular complexity index is 2590. The van der Waals surface area contributed by atoms with Gasteiger partial charge in [0.25, 0.3) is 35.4 Å². The average molecular weight is 985 g/mol. The van der Waals surface area contributed by atoms with Crippen molar-refractivity contribution in [2.45, 2.75) is 59.0 Å². The van der Waals surface area contributed by atoms with Gasteiger partial charge in [0, 0.05) is 65.1 Å². The third kappa shape index (κ3) is 14.0. The number of aromatic nitrogens is 8. The number of nitrogens with zero attached hydrogens (tertiary/aromatic N) is 10. The molecule has 6 rings (SSSR count). The van der Waals surface area contributed by atoms with Crippen molar-refractivity contribution in [1.29, 1.82) is 0 Å². The normalized spacial score (nSPS) is 11.3. The fraction of sp³-hybridized carbons (Fsp3) is 0.422. The topological polar surface area (TPSA) is 252 Å². The van der Waals surface area contributed by atoms with Crippen LogP contribution in [0.2, 0.25) is 0 Å². The van der Waals surface area contributed by atoms with Crippen molar-refractivity contribution in [3.63, 3.8) is 0 Å². The van der Waals surface area contributed by atoms with E-state index in [9.17, 15) is 28.8 Å². The van der Waals surface area contributed by atoms with Gasteiger partial charge in [0.1, 0.15) is 21.1 Å². The van der Waals surface area contributed by atoms with Crippen molar-refractivity contribution in [2.24, 2.45) is 14.1 Å². The van der Waals surface area contributed by atoms with Gasteiger partial charge in [0.2, 0.25) is 11.6 Å². The Labute approximate surface area is 407 Å². The number of aryl methyl sites for hydroxylation is 6. The predicted molar refractivity (Wildman–Crippen MR) is 266 cm³/mol. The molecular formula is C45H60N16O6S2. The first-order valence-corrected chi connectivity index (χ1v) is 24.1. The molecule has 6 aromatic rings. The van der Waals surface area contributed by atoms with E-state index in [2.05, 4.69) is 51.8 Å². The second kappa shape index (κ2) is 23.8. The molecule has 0 saturated carbocycles. The number of hydrogen-bond donors (Lipinski definition) is 6. The van der Waals surface area contributed by atoms with Crippen LogP contribution in [-0.4, -0.2) is 138 Å². The molecule has 22 nitrogen and oxygen atoms in total. The number of hydrogen-bond acceptors (Lipinski definition) is 14. The summed E-state index contributed by atoms with van der Waals surface area (Å²) in [5.41, 5.74) is 5.82. The molecule has 0 bridgehead atoms. The number of anilines is 4. The van der Waals surface area contributed by atoms with Crippen LogP contribution in [0.4, 0.5) is 23.0 Å². The highest BCUT2D eigenvalue weighted by molar-refractivity contribution is 7.12. The molecule has 6 aromatic heterocycles. The minimum atomic E-state index is -0.545. The predicted octanol–water partition coefficient (Wildman–Crippen LogP) is 4.53. The highest BCUT2D eigenvalue weighted by Gasteiger charge is 2.23. The maximum absolute atomic E-state index is 13.9. The quantitative estimate of drug-likeness (QED) is 0.0458. The number of thiazole rings is 2. The molecule has 0 unspecified atom stereocenters. The molecule has 24 heteroatoms. The van der Waals surface area contributed by atoms with E-state index in [1.54, 1.807) is 94.2 Å². The van der Waals surface area contributed by atoms with Crippen LogP contribution in [0.1, 0.15) is 105 Å². The molecule has 6 N–H and O–H groups in total. The summed E-state index contributed by atoms with van der Waals surface area (Å²) in [6.07, 6.45) is 9.80. The smallest absolute Gasteiger partial charge is 0.291 e. The van der Waals surface area contributed by atoms with Crippen LogP contribution in [0.25, 0.3) is 0 Å². The first kappa shape index (κ1) is 51.4. The third-order valence-electron chi connectivity index (χ3n) is 10.8. The van der Waals surface area contributed by atoms with Crippen LogP contribution in [0.5, 0.6) is 0 Å². The van der Waals surface area contributed by atoms with E-state index in [0.717, 1.165) is 25.9 Å². The van der Waals surface area contributed by atoms with Gasteiger partial charge in [-0.25, -0.2) is 19.9 Å². The van der Waals surface area contributed by atoms with Crippen molar-refractivity contribution < 1.29 is 28.8 Å². The Balaban J connectivity index is 1.13. The molecule has 6 heterocycles. The van der Waals surface area contributed by atoms with Crippen molar-refractivity contribution >= 4 is 81.1 Å². The molecule has 368 valence electrons. The second-order valence-corrected chi connectivity index (χ2v) is 18.7. The van der Waals surface area contributed by atoms with Gasteiger partial charge in [0.05, 0.1) is 33.8 Å². The number of nitrogens with one attached hydrogen (secondary N) is 6. The molecule has 0 aliphatic rings. The summed E-state index contributed by atoms with van der Waals surface area (Å²) in [6, 6.07) is 3.18. The molecule has 6 amide bonds. The van der Waals surface area contributed by atoms with E-state index >= 15 is 0 Å². The number of rotatable bonds is 24. The van der Waals surface area contributed by atoms with E-state index in [1.165, 1.54) is 22.7 Å². The van der Waals surface area contributed by atoms with Crippen LogP contribution in [0.3, 0.4) is 0 Å². The maximum atomic E-state index is 13.9. The Morgan fingerprint density at radius 3 is 1.30 bits per heavy atom. The van der Waals surface area contributed by atoms with Crippen LogP contribution in [0, 0.1) is 13.8 Å². The standard InChI is InChI=1S/C45H60N16O6S2/c1-28-36(68-26-48-28)42(64)54-34-24-60(38(52-34)44(66)50-30-20-32(58(7)22-30)40(62)46-14-12-16-56(3)4)18-10-9-11-19-61-25-35(55-43(65)37-29(2)49-27-69-37)53-39(61)45(67)51-31-21-33(59(8)23-31)41(63)47-15-13-17-57(5)6/h20-27H,9-19H2,1-8H3,(H,46,62)(H,47,63)(H,50,66)(H,51,67)(H,54,64)(H,55,65). The fourth-order valence-corrected chi connectivity index (χ4v) is 8.64. The van der Waals surface area contributed by atoms with Crippen LogP contribution < -0.4 is 31.9 Å². The summed E-state index contributed by atoms with van der Waals surface area (Å²) in [5.74, 6) is -2.00. The van der Waals surface area contributed by atoms with Crippen LogP contribution in [-0.2, 0) is 27.2 Å².